The number of carbonyl (C=O) groups is 2. The average Bonchev–Trinajstić information content (AvgIpc) is 3.32. The second kappa shape index (κ2) is 8.14. The molecule has 0 radical (unpaired) electrons. The molecule has 2 atom stereocenters. The van der Waals surface area contributed by atoms with Crippen LogP contribution < -0.4 is 0 Å². The Bertz CT molecular complexity index is 987. The molecule has 1 aromatic carbocycles. The van der Waals surface area contributed by atoms with Crippen molar-refractivity contribution in [3.8, 4) is 0 Å². The summed E-state index contributed by atoms with van der Waals surface area (Å²) in [5.41, 5.74) is 0.770. The van der Waals surface area contributed by atoms with E-state index in [0.29, 0.717) is 22.9 Å². The molecule has 1 N–H and O–H groups in total. The standard InChI is InChI=1S/C21H18Cl2N2O4/c22-14-7-6-12(10-15(14)23)19(26)17-18(16-5-1-2-8-24-16)25(21(28)20(17)27)11-13-4-3-9-29-13/h1-2,5-8,10,13,18,26H,3-4,9,11H2/b19-17-. The lowest BCUT2D eigenvalue weighted by Crippen LogP contribution is -2.36. The summed E-state index contributed by atoms with van der Waals surface area (Å²) in [6.45, 7) is 0.885. The molecule has 2 aromatic rings. The van der Waals surface area contributed by atoms with Gasteiger partial charge < -0.3 is 14.7 Å². The summed E-state index contributed by atoms with van der Waals surface area (Å²) in [5, 5.41) is 11.5. The van der Waals surface area contributed by atoms with Crippen molar-refractivity contribution in [2.45, 2.75) is 25.0 Å². The predicted octanol–water partition coefficient (Wildman–Crippen LogP) is 3.99. The van der Waals surface area contributed by atoms with E-state index in [1.54, 1.807) is 30.5 Å². The zero-order valence-corrected chi connectivity index (χ0v) is 16.9. The molecule has 4 rings (SSSR count). The van der Waals surface area contributed by atoms with E-state index in [2.05, 4.69) is 4.98 Å². The summed E-state index contributed by atoms with van der Waals surface area (Å²) in [7, 11) is 0. The number of rotatable bonds is 4. The van der Waals surface area contributed by atoms with Gasteiger partial charge in [-0.1, -0.05) is 29.3 Å². The zero-order valence-electron chi connectivity index (χ0n) is 15.3. The number of likely N-dealkylation sites (tertiary alicyclic amines) is 1. The first kappa shape index (κ1) is 19.9. The molecule has 2 saturated heterocycles. The number of amides is 1. The molecule has 1 amide bonds. The Labute approximate surface area is 177 Å². The Kier molecular flexibility index (Phi) is 5.58. The van der Waals surface area contributed by atoms with Gasteiger partial charge in [-0.05, 0) is 43.2 Å². The molecule has 2 fully saturated rings. The van der Waals surface area contributed by atoms with Gasteiger partial charge in [-0.15, -0.1) is 0 Å². The molecule has 2 aliphatic heterocycles. The molecule has 3 heterocycles. The second-order valence-corrected chi connectivity index (χ2v) is 7.78. The first-order valence-electron chi connectivity index (χ1n) is 9.23. The molecular weight excluding hydrogens is 415 g/mol. The first-order valence-corrected chi connectivity index (χ1v) is 9.99. The molecule has 0 saturated carbocycles. The van der Waals surface area contributed by atoms with Crippen molar-refractivity contribution >= 4 is 40.7 Å². The monoisotopic (exact) mass is 432 g/mol. The number of aromatic nitrogens is 1. The number of hydrogen-bond acceptors (Lipinski definition) is 5. The number of Topliss-reactive ketones (excluding diaryl/α,β-unsaturated/α-hetero) is 1. The molecule has 29 heavy (non-hydrogen) atoms. The molecule has 0 bridgehead atoms. The van der Waals surface area contributed by atoms with Crippen LogP contribution in [0, 0.1) is 0 Å². The third kappa shape index (κ3) is 3.75. The van der Waals surface area contributed by atoms with Gasteiger partial charge in [0.15, 0.2) is 0 Å². The molecule has 2 aliphatic rings. The van der Waals surface area contributed by atoms with E-state index in [1.807, 2.05) is 0 Å². The number of aliphatic hydroxyl groups is 1. The van der Waals surface area contributed by atoms with Crippen molar-refractivity contribution in [2.75, 3.05) is 13.2 Å². The van der Waals surface area contributed by atoms with Crippen LogP contribution >= 0.6 is 23.2 Å². The van der Waals surface area contributed by atoms with Gasteiger partial charge in [-0.2, -0.15) is 0 Å². The zero-order chi connectivity index (χ0) is 20.5. The smallest absolute Gasteiger partial charge is 0.295 e. The quantitative estimate of drug-likeness (QED) is 0.448. The molecular formula is C21H18Cl2N2O4. The number of aliphatic hydroxyl groups excluding tert-OH is 1. The lowest BCUT2D eigenvalue weighted by atomic mass is 9.98. The Morgan fingerprint density at radius 3 is 2.69 bits per heavy atom. The molecule has 150 valence electrons. The normalized spacial score (nSPS) is 23.7. The minimum absolute atomic E-state index is 0.0231. The minimum atomic E-state index is -0.810. The molecule has 8 heteroatoms. The van der Waals surface area contributed by atoms with Crippen LogP contribution in [0.2, 0.25) is 10.0 Å². The van der Waals surface area contributed by atoms with Crippen LogP contribution in [0.1, 0.15) is 30.1 Å². The summed E-state index contributed by atoms with van der Waals surface area (Å²) in [6.07, 6.45) is 3.15. The largest absolute Gasteiger partial charge is 0.507 e. The number of halogens is 2. The maximum atomic E-state index is 12.9. The summed E-state index contributed by atoms with van der Waals surface area (Å²) < 4.78 is 5.66. The van der Waals surface area contributed by atoms with Gasteiger partial charge in [-0.25, -0.2) is 0 Å². The van der Waals surface area contributed by atoms with Crippen molar-refractivity contribution in [3.63, 3.8) is 0 Å². The molecule has 1 aromatic heterocycles. The van der Waals surface area contributed by atoms with E-state index in [1.165, 1.54) is 17.0 Å². The van der Waals surface area contributed by atoms with Crippen molar-refractivity contribution < 1.29 is 19.4 Å². The Morgan fingerprint density at radius 2 is 2.03 bits per heavy atom. The van der Waals surface area contributed by atoms with Gasteiger partial charge in [-0.3, -0.25) is 14.6 Å². The SMILES string of the molecule is O=C1C(=O)N(CC2CCCO2)C(c2ccccn2)/C1=C(/O)c1ccc(Cl)c(Cl)c1. The van der Waals surface area contributed by atoms with Crippen LogP contribution in [0.25, 0.3) is 5.76 Å². The number of carbonyl (C=O) groups excluding carboxylic acids is 2. The van der Waals surface area contributed by atoms with Gasteiger partial charge in [0, 0.05) is 24.9 Å². The number of ketones is 1. The number of hydrogen-bond donors (Lipinski definition) is 1. The Hall–Kier alpha value is -2.41. The van der Waals surface area contributed by atoms with Gasteiger partial charge in [0.1, 0.15) is 11.8 Å². The summed E-state index contributed by atoms with van der Waals surface area (Å²) in [5.74, 6) is -1.76. The van der Waals surface area contributed by atoms with E-state index in [9.17, 15) is 14.7 Å². The van der Waals surface area contributed by atoms with E-state index < -0.39 is 17.7 Å². The van der Waals surface area contributed by atoms with E-state index in [4.69, 9.17) is 27.9 Å². The van der Waals surface area contributed by atoms with Gasteiger partial charge in [0.2, 0.25) is 0 Å². The fraction of sp³-hybridized carbons (Fsp3) is 0.286. The molecule has 0 spiro atoms. The number of nitrogens with zero attached hydrogens (tertiary/aromatic N) is 2. The molecule has 0 aliphatic carbocycles. The highest BCUT2D eigenvalue weighted by atomic mass is 35.5. The topological polar surface area (TPSA) is 79.7 Å². The van der Waals surface area contributed by atoms with E-state index in [-0.39, 0.29) is 29.0 Å². The number of pyridine rings is 1. The lowest BCUT2D eigenvalue weighted by molar-refractivity contribution is -0.140. The molecule has 6 nitrogen and oxygen atoms in total. The highest BCUT2D eigenvalue weighted by Gasteiger charge is 2.47. The second-order valence-electron chi connectivity index (χ2n) is 6.97. The highest BCUT2D eigenvalue weighted by molar-refractivity contribution is 6.46. The van der Waals surface area contributed by atoms with Gasteiger partial charge in [0.25, 0.3) is 11.7 Å². The maximum Gasteiger partial charge on any atom is 0.295 e. The summed E-state index contributed by atoms with van der Waals surface area (Å²) in [4.78, 5) is 31.5. The van der Waals surface area contributed by atoms with Crippen LogP contribution in [0.5, 0.6) is 0 Å². The predicted molar refractivity (Wildman–Crippen MR) is 109 cm³/mol. The van der Waals surface area contributed by atoms with Crippen molar-refractivity contribution in [1.82, 2.24) is 9.88 Å². The first-order chi connectivity index (χ1) is 14.0. The third-order valence-corrected chi connectivity index (χ3v) is 5.86. The number of benzene rings is 1. The lowest BCUT2D eigenvalue weighted by Gasteiger charge is -2.26. The fourth-order valence-electron chi connectivity index (χ4n) is 3.72. The van der Waals surface area contributed by atoms with Crippen LogP contribution in [-0.4, -0.2) is 45.9 Å². The van der Waals surface area contributed by atoms with Gasteiger partial charge in [0.05, 0.1) is 27.4 Å². The summed E-state index contributed by atoms with van der Waals surface area (Å²) in [6, 6.07) is 8.96. The van der Waals surface area contributed by atoms with E-state index >= 15 is 0 Å². The Morgan fingerprint density at radius 1 is 1.21 bits per heavy atom. The van der Waals surface area contributed by atoms with Gasteiger partial charge >= 0.3 is 0 Å². The van der Waals surface area contributed by atoms with E-state index in [0.717, 1.165) is 12.8 Å². The Balaban J connectivity index is 1.82. The van der Waals surface area contributed by atoms with Crippen LogP contribution in [0.3, 0.4) is 0 Å². The summed E-state index contributed by atoms with van der Waals surface area (Å²) >= 11 is 12.0. The van der Waals surface area contributed by atoms with Crippen LogP contribution in [-0.2, 0) is 14.3 Å². The fourth-order valence-corrected chi connectivity index (χ4v) is 4.02. The van der Waals surface area contributed by atoms with Crippen LogP contribution in [0.4, 0.5) is 0 Å². The molecule has 2 unspecified atom stereocenters. The maximum absolute atomic E-state index is 12.9. The highest BCUT2D eigenvalue weighted by Crippen LogP contribution is 2.39. The van der Waals surface area contributed by atoms with Crippen molar-refractivity contribution in [2.24, 2.45) is 0 Å². The van der Waals surface area contributed by atoms with Crippen molar-refractivity contribution in [1.29, 1.82) is 0 Å². The number of ether oxygens (including phenoxy) is 1. The average molecular weight is 433 g/mol. The minimum Gasteiger partial charge on any atom is -0.507 e. The van der Waals surface area contributed by atoms with Crippen LogP contribution in [0.15, 0.2) is 48.2 Å². The van der Waals surface area contributed by atoms with Crippen molar-refractivity contribution in [3.05, 3.63) is 69.5 Å². The third-order valence-electron chi connectivity index (χ3n) is 5.13.